The van der Waals surface area contributed by atoms with Crippen LogP contribution in [0, 0.1) is 5.92 Å². The smallest absolute Gasteiger partial charge is 0.145 e. The van der Waals surface area contributed by atoms with Gasteiger partial charge >= 0.3 is 0 Å². The molecule has 1 saturated carbocycles. The van der Waals surface area contributed by atoms with Crippen LogP contribution in [-0.4, -0.2) is 44.1 Å². The van der Waals surface area contributed by atoms with E-state index < -0.39 is 6.10 Å². The van der Waals surface area contributed by atoms with Crippen molar-refractivity contribution in [2.45, 2.75) is 31.5 Å². The molecule has 2 N–H and O–H groups in total. The van der Waals surface area contributed by atoms with E-state index >= 15 is 0 Å². The highest BCUT2D eigenvalue weighted by molar-refractivity contribution is 5.92. The van der Waals surface area contributed by atoms with Crippen LogP contribution in [0.25, 0.3) is 10.9 Å². The van der Waals surface area contributed by atoms with Gasteiger partial charge in [-0.3, -0.25) is 4.68 Å². The second kappa shape index (κ2) is 6.68. The lowest BCUT2D eigenvalue weighted by atomic mass is 10.1. The van der Waals surface area contributed by atoms with Gasteiger partial charge in [0, 0.05) is 24.3 Å². The molecule has 0 saturated heterocycles. The number of nitrogens with one attached hydrogen (secondary N) is 1. The van der Waals surface area contributed by atoms with Gasteiger partial charge in [0.25, 0.3) is 0 Å². The highest BCUT2D eigenvalue weighted by Gasteiger charge is 2.33. The Morgan fingerprint density at radius 3 is 3.00 bits per heavy atom. The van der Waals surface area contributed by atoms with Gasteiger partial charge in [-0.15, -0.1) is 0 Å². The number of rotatable bonds is 5. The second-order valence-electron chi connectivity index (χ2n) is 6.46. The number of aromatic nitrogens is 4. The second-order valence-corrected chi connectivity index (χ2v) is 6.46. The fourth-order valence-corrected chi connectivity index (χ4v) is 3.61. The monoisotopic (exact) mass is 339 g/mol. The van der Waals surface area contributed by atoms with Crippen molar-refractivity contribution >= 4 is 16.7 Å². The van der Waals surface area contributed by atoms with Crippen LogP contribution in [0.2, 0.25) is 0 Å². The summed E-state index contributed by atoms with van der Waals surface area (Å²) < 4.78 is 7.29. The largest absolute Gasteiger partial charge is 0.494 e. The van der Waals surface area contributed by atoms with Crippen LogP contribution < -0.4 is 10.1 Å². The number of nitrogens with zero attached hydrogens (tertiary/aromatic N) is 4. The molecule has 0 aliphatic heterocycles. The first-order chi connectivity index (χ1) is 12.2. The number of aliphatic hydroxyl groups excluding tert-OH is 1. The molecule has 7 nitrogen and oxygen atoms in total. The molecule has 1 aliphatic carbocycles. The van der Waals surface area contributed by atoms with Gasteiger partial charge in [0.1, 0.15) is 23.4 Å². The van der Waals surface area contributed by atoms with E-state index in [1.54, 1.807) is 13.3 Å². The Kier molecular flexibility index (Phi) is 4.23. The molecule has 4 rings (SSSR count). The van der Waals surface area contributed by atoms with E-state index in [0.29, 0.717) is 11.7 Å². The van der Waals surface area contributed by atoms with Crippen LogP contribution in [0.15, 0.2) is 43.0 Å². The fraction of sp³-hybridized carbons (Fsp3) is 0.389. The zero-order chi connectivity index (χ0) is 17.2. The number of benzene rings is 1. The van der Waals surface area contributed by atoms with E-state index in [1.165, 1.54) is 6.33 Å². The van der Waals surface area contributed by atoms with Crippen molar-refractivity contribution in [1.82, 2.24) is 19.7 Å². The Morgan fingerprint density at radius 2 is 2.20 bits per heavy atom. The number of anilines is 1. The maximum Gasteiger partial charge on any atom is 0.145 e. The average Bonchev–Trinajstić information content (AvgIpc) is 3.25. The first-order valence-electron chi connectivity index (χ1n) is 8.44. The molecule has 3 atom stereocenters. The van der Waals surface area contributed by atoms with E-state index in [2.05, 4.69) is 20.4 Å². The van der Waals surface area contributed by atoms with Crippen molar-refractivity contribution in [3.63, 3.8) is 0 Å². The minimum absolute atomic E-state index is 0.0372. The Bertz CT molecular complexity index is 852. The minimum atomic E-state index is -0.406. The Balaban J connectivity index is 1.53. The summed E-state index contributed by atoms with van der Waals surface area (Å²) in [5.74, 6) is 1.83. The van der Waals surface area contributed by atoms with E-state index in [4.69, 9.17) is 4.74 Å². The molecule has 1 unspecified atom stereocenters. The van der Waals surface area contributed by atoms with Crippen LogP contribution in [0.1, 0.15) is 12.8 Å². The van der Waals surface area contributed by atoms with Gasteiger partial charge in [-0.05, 0) is 37.0 Å². The third-order valence-electron chi connectivity index (χ3n) is 4.80. The molecule has 0 amide bonds. The van der Waals surface area contributed by atoms with Gasteiger partial charge in [0.05, 0.1) is 19.3 Å². The van der Waals surface area contributed by atoms with Crippen molar-refractivity contribution in [1.29, 1.82) is 0 Å². The molecular formula is C18H21N5O2. The lowest BCUT2D eigenvalue weighted by molar-refractivity contribution is 0.166. The van der Waals surface area contributed by atoms with Gasteiger partial charge in [0.15, 0.2) is 0 Å². The summed E-state index contributed by atoms with van der Waals surface area (Å²) in [6.07, 6.45) is 6.48. The summed E-state index contributed by atoms with van der Waals surface area (Å²) in [5.41, 5.74) is 0.767. The van der Waals surface area contributed by atoms with E-state index in [1.807, 2.05) is 35.1 Å². The summed E-state index contributed by atoms with van der Waals surface area (Å²) in [6, 6.07) is 7.64. The molecule has 3 aromatic rings. The van der Waals surface area contributed by atoms with Crippen LogP contribution in [-0.2, 0) is 6.54 Å². The Hall–Kier alpha value is -2.67. The maximum absolute atomic E-state index is 10.5. The minimum Gasteiger partial charge on any atom is -0.494 e. The highest BCUT2D eigenvalue weighted by atomic mass is 16.5. The number of hydrogen-bond donors (Lipinski definition) is 2. The molecule has 7 heteroatoms. The molecule has 130 valence electrons. The molecule has 2 heterocycles. The predicted molar refractivity (Wildman–Crippen MR) is 94.5 cm³/mol. The number of ether oxygens (including phenoxy) is 1. The van der Waals surface area contributed by atoms with Crippen molar-refractivity contribution in [3.8, 4) is 5.75 Å². The van der Waals surface area contributed by atoms with E-state index in [0.717, 1.165) is 36.1 Å². The lowest BCUT2D eigenvalue weighted by Crippen LogP contribution is -2.28. The quantitative estimate of drug-likeness (QED) is 0.740. The molecular weight excluding hydrogens is 318 g/mol. The third kappa shape index (κ3) is 3.15. The van der Waals surface area contributed by atoms with Gasteiger partial charge in [-0.25, -0.2) is 9.97 Å². The standard InChI is InChI=1S/C18H21N5O2/c1-25-16-5-2-4-13-17(16)19-11-20-18(13)22-14-8-12(9-15(14)24)10-23-7-3-6-21-23/h2-7,11-12,14-15,24H,8-10H2,1H3,(H,19,20,22)/t12?,14-,15-/m1/s1. The highest BCUT2D eigenvalue weighted by Crippen LogP contribution is 2.32. The SMILES string of the molecule is COc1cccc2c(N[C@@H]3CC(Cn4cccn4)C[C@H]3O)ncnc12. The van der Waals surface area contributed by atoms with E-state index in [-0.39, 0.29) is 6.04 Å². The molecule has 1 aliphatic rings. The van der Waals surface area contributed by atoms with Crippen LogP contribution in [0.4, 0.5) is 5.82 Å². The summed E-state index contributed by atoms with van der Waals surface area (Å²) in [5, 5.41) is 19.0. The Labute approximate surface area is 145 Å². The van der Waals surface area contributed by atoms with Gasteiger partial charge in [0.2, 0.25) is 0 Å². The van der Waals surface area contributed by atoms with Crippen LogP contribution >= 0.6 is 0 Å². The summed E-state index contributed by atoms with van der Waals surface area (Å²) in [6.45, 7) is 0.820. The topological polar surface area (TPSA) is 85.1 Å². The van der Waals surface area contributed by atoms with Crippen LogP contribution in [0.5, 0.6) is 5.75 Å². The van der Waals surface area contributed by atoms with Crippen molar-refractivity contribution < 1.29 is 9.84 Å². The Morgan fingerprint density at radius 1 is 1.28 bits per heavy atom. The molecule has 0 spiro atoms. The fourth-order valence-electron chi connectivity index (χ4n) is 3.61. The van der Waals surface area contributed by atoms with Crippen molar-refractivity contribution in [2.24, 2.45) is 5.92 Å². The number of fused-ring (bicyclic) bond motifs is 1. The average molecular weight is 339 g/mol. The zero-order valence-electron chi connectivity index (χ0n) is 14.0. The van der Waals surface area contributed by atoms with Crippen LogP contribution in [0.3, 0.4) is 0 Å². The number of hydrogen-bond acceptors (Lipinski definition) is 6. The zero-order valence-corrected chi connectivity index (χ0v) is 14.0. The van der Waals surface area contributed by atoms with Gasteiger partial charge in [-0.2, -0.15) is 5.10 Å². The third-order valence-corrected chi connectivity index (χ3v) is 4.80. The predicted octanol–water partition coefficient (Wildman–Crippen LogP) is 2.09. The number of methoxy groups -OCH3 is 1. The molecule has 1 fully saturated rings. The molecule has 0 radical (unpaired) electrons. The summed E-state index contributed by atoms with van der Waals surface area (Å²) in [7, 11) is 1.63. The summed E-state index contributed by atoms with van der Waals surface area (Å²) in [4.78, 5) is 8.70. The number of aliphatic hydroxyl groups is 1. The van der Waals surface area contributed by atoms with Gasteiger partial charge < -0.3 is 15.2 Å². The van der Waals surface area contributed by atoms with Gasteiger partial charge in [-0.1, -0.05) is 6.07 Å². The first kappa shape index (κ1) is 15.8. The molecule has 25 heavy (non-hydrogen) atoms. The van der Waals surface area contributed by atoms with Crippen molar-refractivity contribution in [2.75, 3.05) is 12.4 Å². The first-order valence-corrected chi connectivity index (χ1v) is 8.44. The van der Waals surface area contributed by atoms with E-state index in [9.17, 15) is 5.11 Å². The molecule has 1 aromatic carbocycles. The molecule has 0 bridgehead atoms. The summed E-state index contributed by atoms with van der Waals surface area (Å²) >= 11 is 0. The normalized spacial score (nSPS) is 23.0. The maximum atomic E-state index is 10.5. The molecule has 2 aromatic heterocycles. The lowest BCUT2D eigenvalue weighted by Gasteiger charge is -2.18. The number of para-hydroxylation sites is 1. The van der Waals surface area contributed by atoms with Crippen molar-refractivity contribution in [3.05, 3.63) is 43.0 Å².